The van der Waals surface area contributed by atoms with Crippen molar-refractivity contribution in [2.75, 3.05) is 5.73 Å². The first-order valence-corrected chi connectivity index (χ1v) is 10.1. The lowest BCUT2D eigenvalue weighted by Crippen LogP contribution is -2.26. The van der Waals surface area contributed by atoms with E-state index in [2.05, 4.69) is 5.10 Å². The molecule has 9 heteroatoms. The maximum Gasteiger partial charge on any atom is 0.418 e. The number of carbonyl (C=O) groups is 1. The highest BCUT2D eigenvalue weighted by Crippen LogP contribution is 2.38. The fourth-order valence-corrected chi connectivity index (χ4v) is 3.53. The molecule has 0 unspecified atom stereocenters. The summed E-state index contributed by atoms with van der Waals surface area (Å²) in [5.74, 6) is -0.587. The quantitative estimate of drug-likeness (QED) is 0.488. The van der Waals surface area contributed by atoms with E-state index < -0.39 is 22.6 Å². The minimum absolute atomic E-state index is 0.0921. The van der Waals surface area contributed by atoms with E-state index in [1.54, 1.807) is 12.1 Å². The van der Waals surface area contributed by atoms with Crippen molar-refractivity contribution >= 4 is 17.4 Å². The van der Waals surface area contributed by atoms with Crippen molar-refractivity contribution in [1.82, 2.24) is 9.78 Å². The molecule has 0 saturated carbocycles. The first kappa shape index (κ1) is 23.6. The first-order valence-electron chi connectivity index (χ1n) is 10.1. The van der Waals surface area contributed by atoms with E-state index in [1.165, 1.54) is 10.7 Å². The summed E-state index contributed by atoms with van der Waals surface area (Å²) < 4.78 is 41.4. The average Bonchev–Trinajstić information content (AvgIpc) is 2.94. The third-order valence-corrected chi connectivity index (χ3v) is 5.31. The number of Topliss-reactive ketones (excluding diaryl/α,β-unsaturated/α-hetero) is 1. The molecule has 0 radical (unpaired) electrons. The molecule has 0 aliphatic heterocycles. The summed E-state index contributed by atoms with van der Waals surface area (Å²) in [7, 11) is 0. The summed E-state index contributed by atoms with van der Waals surface area (Å²) in [4.78, 5) is 13.2. The van der Waals surface area contributed by atoms with Crippen molar-refractivity contribution in [3.8, 4) is 5.75 Å². The van der Waals surface area contributed by atoms with Crippen LogP contribution in [0.15, 0.2) is 30.5 Å². The van der Waals surface area contributed by atoms with Crippen LogP contribution >= 0.6 is 0 Å². The predicted octanol–water partition coefficient (Wildman–Crippen LogP) is 3.77. The Morgan fingerprint density at radius 2 is 1.59 bits per heavy atom. The van der Waals surface area contributed by atoms with E-state index in [-0.39, 0.29) is 29.7 Å². The number of carbonyl (C=O) groups excluding carboxylic acids is 1. The van der Waals surface area contributed by atoms with E-state index in [0.717, 1.165) is 16.7 Å². The molecule has 0 aliphatic rings. The molecule has 32 heavy (non-hydrogen) atoms. The molecule has 0 aliphatic carbocycles. The Morgan fingerprint density at radius 3 is 2.06 bits per heavy atom. The normalized spacial score (nSPS) is 13.0. The van der Waals surface area contributed by atoms with Crippen molar-refractivity contribution in [3.63, 3.8) is 0 Å². The summed E-state index contributed by atoms with van der Waals surface area (Å²) in [6.07, 6.45) is -3.68. The first-order chi connectivity index (χ1) is 14.5. The van der Waals surface area contributed by atoms with E-state index in [1.807, 2.05) is 41.5 Å². The maximum atomic E-state index is 13.2. The van der Waals surface area contributed by atoms with Gasteiger partial charge in [-0.15, -0.1) is 10.4 Å². The largest absolute Gasteiger partial charge is 0.872 e. The number of hydrogen-bond donors (Lipinski definition) is 1. The van der Waals surface area contributed by atoms with Gasteiger partial charge < -0.3 is 10.8 Å². The molecule has 6 nitrogen and oxygen atoms in total. The van der Waals surface area contributed by atoms with Gasteiger partial charge in [0.1, 0.15) is 0 Å². The summed E-state index contributed by atoms with van der Waals surface area (Å²) in [6, 6.07) is 5.34. The Morgan fingerprint density at radius 1 is 1.06 bits per heavy atom. The Hall–Kier alpha value is -3.10. The highest BCUT2D eigenvalue weighted by Gasteiger charge is 2.33. The number of rotatable bonds is 3. The van der Waals surface area contributed by atoms with Crippen LogP contribution in [0.25, 0.3) is 5.65 Å². The minimum Gasteiger partial charge on any atom is -0.872 e. The van der Waals surface area contributed by atoms with Crippen molar-refractivity contribution in [1.29, 1.82) is 0 Å². The SMILES string of the molecule is CC(C)(C)c1cc(C(=O)Cn2nc(N)[n+]3cc(C(F)(F)F)ccc23)cc(C(C)(C)C)c1[O-]. The maximum absolute atomic E-state index is 13.2. The van der Waals surface area contributed by atoms with Crippen LogP contribution in [0.2, 0.25) is 0 Å². The van der Waals surface area contributed by atoms with E-state index in [9.17, 15) is 23.1 Å². The third-order valence-electron chi connectivity index (χ3n) is 5.31. The predicted molar refractivity (Wildman–Crippen MR) is 112 cm³/mol. The van der Waals surface area contributed by atoms with Gasteiger partial charge >= 0.3 is 12.1 Å². The van der Waals surface area contributed by atoms with Gasteiger partial charge in [0.05, 0.1) is 11.8 Å². The summed E-state index contributed by atoms with van der Waals surface area (Å²) in [5, 5.41) is 17.1. The number of nitrogen functional groups attached to an aromatic ring is 1. The summed E-state index contributed by atoms with van der Waals surface area (Å²) in [6.45, 7) is 11.2. The Bertz CT molecular complexity index is 1160. The highest BCUT2D eigenvalue weighted by molar-refractivity contribution is 5.97. The van der Waals surface area contributed by atoms with Gasteiger partial charge in [-0.3, -0.25) is 4.79 Å². The van der Waals surface area contributed by atoms with Crippen LogP contribution in [-0.4, -0.2) is 15.6 Å². The molecule has 172 valence electrons. The lowest BCUT2D eigenvalue weighted by atomic mass is 9.78. The van der Waals surface area contributed by atoms with Crippen LogP contribution in [0.5, 0.6) is 5.75 Å². The van der Waals surface area contributed by atoms with E-state index >= 15 is 0 Å². The molecule has 0 fully saturated rings. The number of aromatic nitrogens is 3. The fourth-order valence-electron chi connectivity index (χ4n) is 3.53. The van der Waals surface area contributed by atoms with Gasteiger partial charge in [-0.05, 0) is 40.2 Å². The van der Waals surface area contributed by atoms with Gasteiger partial charge in [-0.1, -0.05) is 41.5 Å². The fraction of sp³-hybridized carbons (Fsp3) is 0.435. The van der Waals surface area contributed by atoms with Crippen molar-refractivity contribution in [3.05, 3.63) is 52.7 Å². The van der Waals surface area contributed by atoms with Gasteiger partial charge in [0.15, 0.2) is 12.3 Å². The molecule has 3 rings (SSSR count). The Kier molecular flexibility index (Phi) is 5.52. The van der Waals surface area contributed by atoms with Crippen LogP contribution in [-0.2, 0) is 23.6 Å². The number of nitrogens with two attached hydrogens (primary N) is 1. The second-order valence-electron chi connectivity index (χ2n) is 9.98. The lowest BCUT2D eigenvalue weighted by Gasteiger charge is -2.33. The van der Waals surface area contributed by atoms with Gasteiger partial charge in [-0.2, -0.15) is 17.6 Å². The smallest absolute Gasteiger partial charge is 0.418 e. The standard InChI is InChI=1S/C23H27F3N4O2/c1-21(2,3)15-9-13(10-16(19(15)32)22(4,5)6)17(31)12-30-18-8-7-14(23(24,25)26)11-29(18)20(27)28-30/h7-11H,12H2,1-6H3,(H2-,27,28,31,32). The number of pyridine rings is 1. The van der Waals surface area contributed by atoms with E-state index in [4.69, 9.17) is 5.73 Å². The molecule has 2 aromatic heterocycles. The number of nitrogens with zero attached hydrogens (tertiary/aromatic N) is 3. The summed E-state index contributed by atoms with van der Waals surface area (Å²) in [5.41, 5.74) is 5.63. The van der Waals surface area contributed by atoms with Crippen LogP contribution < -0.4 is 15.2 Å². The molecule has 0 saturated heterocycles. The zero-order valence-electron chi connectivity index (χ0n) is 19.0. The second kappa shape index (κ2) is 7.50. The zero-order valence-corrected chi connectivity index (χ0v) is 19.0. The third kappa shape index (κ3) is 4.42. The number of fused-ring (bicyclic) bond motifs is 1. The van der Waals surface area contributed by atoms with Crippen LogP contribution in [0.4, 0.5) is 19.1 Å². The molecule has 0 spiro atoms. The average molecular weight is 448 g/mol. The molecule has 2 N–H and O–H groups in total. The second-order valence-corrected chi connectivity index (χ2v) is 9.98. The van der Waals surface area contributed by atoms with E-state index in [0.29, 0.717) is 16.7 Å². The van der Waals surface area contributed by atoms with Crippen molar-refractivity contribution in [2.45, 2.75) is 65.1 Å². The zero-order chi connectivity index (χ0) is 24.2. The number of alkyl halides is 3. The molecule has 0 bridgehead atoms. The van der Waals surface area contributed by atoms with Crippen LogP contribution in [0.3, 0.4) is 0 Å². The number of hydrogen-bond acceptors (Lipinski definition) is 4. The molecule has 0 atom stereocenters. The number of anilines is 1. The molecular formula is C23H27F3N4O2. The molecular weight excluding hydrogens is 421 g/mol. The van der Waals surface area contributed by atoms with Gasteiger partial charge in [0.2, 0.25) is 5.65 Å². The van der Waals surface area contributed by atoms with Crippen LogP contribution in [0, 0.1) is 0 Å². The monoisotopic (exact) mass is 448 g/mol. The summed E-state index contributed by atoms with van der Waals surface area (Å²) >= 11 is 0. The van der Waals surface area contributed by atoms with Gasteiger partial charge in [0.25, 0.3) is 0 Å². The number of benzene rings is 1. The lowest BCUT2D eigenvalue weighted by molar-refractivity contribution is -0.498. The topological polar surface area (TPSA) is 88.1 Å². The molecule has 2 heterocycles. The molecule has 1 aromatic carbocycles. The minimum atomic E-state index is -4.53. The van der Waals surface area contributed by atoms with Gasteiger partial charge in [0, 0.05) is 16.7 Å². The number of halogens is 3. The van der Waals surface area contributed by atoms with Crippen molar-refractivity contribution < 1.29 is 27.5 Å². The number of ketones is 1. The highest BCUT2D eigenvalue weighted by atomic mass is 19.4. The van der Waals surface area contributed by atoms with Crippen molar-refractivity contribution in [2.24, 2.45) is 0 Å². The van der Waals surface area contributed by atoms with Gasteiger partial charge in [-0.25, -0.2) is 0 Å². The molecule has 0 amide bonds. The van der Waals surface area contributed by atoms with Crippen LogP contribution in [0.1, 0.15) is 68.6 Å². The molecule has 3 aromatic rings. The Labute approximate surface area is 184 Å². The Balaban J connectivity index is 2.07.